The fourth-order valence-electron chi connectivity index (χ4n) is 4.46. The van der Waals surface area contributed by atoms with Gasteiger partial charge in [-0.2, -0.15) is 13.2 Å². The zero-order chi connectivity index (χ0) is 23.9. The molecule has 1 atom stereocenters. The summed E-state index contributed by atoms with van der Waals surface area (Å²) >= 11 is 0. The van der Waals surface area contributed by atoms with Crippen molar-refractivity contribution in [2.45, 2.75) is 44.8 Å². The van der Waals surface area contributed by atoms with Crippen LogP contribution >= 0.6 is 0 Å². The second kappa shape index (κ2) is 8.58. The van der Waals surface area contributed by atoms with Gasteiger partial charge in [0.15, 0.2) is 5.69 Å². The van der Waals surface area contributed by atoms with Crippen molar-refractivity contribution in [3.05, 3.63) is 65.9 Å². The van der Waals surface area contributed by atoms with Gasteiger partial charge in [-0.25, -0.2) is 4.98 Å². The molecule has 176 valence electrons. The highest BCUT2D eigenvalue weighted by molar-refractivity contribution is 5.67. The Hall–Kier alpha value is -3.69. The Morgan fingerprint density at radius 2 is 2.03 bits per heavy atom. The smallest absolute Gasteiger partial charge is 0.435 e. The lowest BCUT2D eigenvalue weighted by atomic mass is 9.85. The lowest BCUT2D eigenvalue weighted by molar-refractivity contribution is -0.140. The second-order valence-corrected chi connectivity index (χ2v) is 8.67. The van der Waals surface area contributed by atoms with Crippen molar-refractivity contribution in [3.63, 3.8) is 0 Å². The zero-order valence-corrected chi connectivity index (χ0v) is 18.7. The van der Waals surface area contributed by atoms with Crippen LogP contribution in [0.4, 0.5) is 13.2 Å². The van der Waals surface area contributed by atoms with Crippen LogP contribution in [0.5, 0.6) is 5.75 Å². The molecule has 4 heterocycles. The molecule has 3 aromatic heterocycles. The molecule has 7 nitrogen and oxygen atoms in total. The molecule has 0 bridgehead atoms. The minimum atomic E-state index is -4.58. The number of aromatic nitrogens is 6. The van der Waals surface area contributed by atoms with Crippen LogP contribution in [0, 0.1) is 0 Å². The van der Waals surface area contributed by atoms with Crippen LogP contribution in [0.1, 0.15) is 48.9 Å². The summed E-state index contributed by atoms with van der Waals surface area (Å²) in [6.45, 7) is 5.72. The van der Waals surface area contributed by atoms with E-state index in [1.807, 2.05) is 28.0 Å². The Balaban J connectivity index is 1.42. The number of alkyl halides is 3. The van der Waals surface area contributed by atoms with Crippen molar-refractivity contribution in [2.24, 2.45) is 0 Å². The Morgan fingerprint density at radius 3 is 2.82 bits per heavy atom. The SMILES string of the molecule is CC(C)c1cccc2c1[C@H](Cn1cnc(-c3cc(-c4nn[nH]c4C(F)(F)F)ccn3)c1)CCO2. The second-order valence-electron chi connectivity index (χ2n) is 8.67. The number of fused-ring (bicyclic) bond motifs is 1. The van der Waals surface area contributed by atoms with E-state index in [2.05, 4.69) is 40.2 Å². The molecule has 34 heavy (non-hydrogen) atoms. The van der Waals surface area contributed by atoms with E-state index in [9.17, 15) is 13.2 Å². The van der Waals surface area contributed by atoms with Crippen molar-refractivity contribution in [3.8, 4) is 28.4 Å². The monoisotopic (exact) mass is 468 g/mol. The third-order valence-electron chi connectivity index (χ3n) is 6.05. The molecular formula is C24H23F3N6O. The molecule has 10 heteroatoms. The molecule has 0 amide bonds. The average Bonchev–Trinajstić information content (AvgIpc) is 3.49. The number of ether oxygens (including phenoxy) is 1. The van der Waals surface area contributed by atoms with Gasteiger partial charge >= 0.3 is 6.18 Å². The fraction of sp³-hybridized carbons (Fsp3) is 0.333. The summed E-state index contributed by atoms with van der Waals surface area (Å²) < 4.78 is 47.7. The number of aromatic amines is 1. The highest BCUT2D eigenvalue weighted by Gasteiger charge is 2.37. The van der Waals surface area contributed by atoms with Gasteiger partial charge in [-0.05, 0) is 36.1 Å². The summed E-state index contributed by atoms with van der Waals surface area (Å²) in [6.07, 6.45) is 1.35. The third-order valence-corrected chi connectivity index (χ3v) is 6.05. The van der Waals surface area contributed by atoms with Gasteiger partial charge in [0.1, 0.15) is 17.1 Å². The first-order valence-corrected chi connectivity index (χ1v) is 11.0. The van der Waals surface area contributed by atoms with Gasteiger partial charge in [-0.15, -0.1) is 5.10 Å². The Kier molecular flexibility index (Phi) is 5.59. The van der Waals surface area contributed by atoms with Crippen molar-refractivity contribution in [2.75, 3.05) is 6.61 Å². The molecule has 0 radical (unpaired) electrons. The first-order chi connectivity index (χ1) is 16.3. The summed E-state index contributed by atoms with van der Waals surface area (Å²) in [5.74, 6) is 1.58. The van der Waals surface area contributed by atoms with E-state index >= 15 is 0 Å². The molecule has 1 aromatic carbocycles. The predicted molar refractivity (Wildman–Crippen MR) is 119 cm³/mol. The first-order valence-electron chi connectivity index (χ1n) is 11.0. The molecule has 4 aromatic rings. The fourth-order valence-corrected chi connectivity index (χ4v) is 4.46. The summed E-state index contributed by atoms with van der Waals surface area (Å²) in [6, 6.07) is 9.21. The van der Waals surface area contributed by atoms with Crippen LogP contribution in [-0.2, 0) is 12.7 Å². The van der Waals surface area contributed by atoms with Crippen LogP contribution in [0.25, 0.3) is 22.6 Å². The van der Waals surface area contributed by atoms with E-state index in [0.717, 1.165) is 12.2 Å². The van der Waals surface area contributed by atoms with Crippen LogP contribution in [0.3, 0.4) is 0 Å². The lowest BCUT2D eigenvalue weighted by Gasteiger charge is -2.29. The molecule has 1 N–H and O–H groups in total. The van der Waals surface area contributed by atoms with Gasteiger partial charge in [0, 0.05) is 36.0 Å². The molecule has 0 unspecified atom stereocenters. The normalized spacial score (nSPS) is 15.9. The van der Waals surface area contributed by atoms with Crippen molar-refractivity contribution < 1.29 is 17.9 Å². The maximum absolute atomic E-state index is 13.2. The number of benzene rings is 1. The van der Waals surface area contributed by atoms with Gasteiger partial charge in [0.2, 0.25) is 0 Å². The van der Waals surface area contributed by atoms with E-state index in [1.165, 1.54) is 23.4 Å². The lowest BCUT2D eigenvalue weighted by Crippen LogP contribution is -2.20. The molecule has 0 aliphatic carbocycles. The van der Waals surface area contributed by atoms with Gasteiger partial charge in [0.25, 0.3) is 0 Å². The Bertz CT molecular complexity index is 1310. The predicted octanol–water partition coefficient (Wildman–Crippen LogP) is 5.44. The molecular weight excluding hydrogens is 445 g/mol. The molecule has 0 spiro atoms. The molecule has 5 rings (SSSR count). The molecule has 0 saturated heterocycles. The van der Waals surface area contributed by atoms with Crippen LogP contribution in [0.2, 0.25) is 0 Å². The maximum Gasteiger partial charge on any atom is 0.435 e. The number of hydrogen-bond donors (Lipinski definition) is 1. The van der Waals surface area contributed by atoms with Gasteiger partial charge in [-0.1, -0.05) is 31.2 Å². The number of nitrogens with one attached hydrogen (secondary N) is 1. The standard InChI is InChI=1S/C24H23F3N6O/c1-14(2)17-4-3-5-20-21(17)16(7-9-34-20)11-33-12-19(29-13-33)18-10-15(6-8-28-18)22-23(24(25,26)27)31-32-30-22/h3-6,8,10,12-14,16H,7,9,11H2,1-2H3,(H,30,31,32)/t16-/m0/s1. The van der Waals surface area contributed by atoms with Crippen LogP contribution < -0.4 is 4.74 Å². The summed E-state index contributed by atoms with van der Waals surface area (Å²) in [7, 11) is 0. The number of hydrogen-bond acceptors (Lipinski definition) is 5. The van der Waals surface area contributed by atoms with Crippen molar-refractivity contribution in [1.82, 2.24) is 29.9 Å². The van der Waals surface area contributed by atoms with E-state index in [-0.39, 0.29) is 17.2 Å². The molecule has 1 aliphatic rings. The molecule has 0 fully saturated rings. The van der Waals surface area contributed by atoms with Gasteiger partial charge in [0.05, 0.1) is 18.6 Å². The number of imidazole rings is 1. The first kappa shape index (κ1) is 22.1. The van der Waals surface area contributed by atoms with Gasteiger partial charge in [-0.3, -0.25) is 10.1 Å². The minimum absolute atomic E-state index is 0.264. The number of halogens is 3. The molecule has 1 aliphatic heterocycles. The Labute approximate surface area is 194 Å². The Morgan fingerprint density at radius 1 is 1.18 bits per heavy atom. The van der Waals surface area contributed by atoms with E-state index in [0.29, 0.717) is 30.5 Å². The summed E-state index contributed by atoms with van der Waals surface area (Å²) in [5.41, 5.74) is 2.56. The van der Waals surface area contributed by atoms with Crippen LogP contribution in [0.15, 0.2) is 49.1 Å². The largest absolute Gasteiger partial charge is 0.493 e. The highest BCUT2D eigenvalue weighted by atomic mass is 19.4. The van der Waals surface area contributed by atoms with E-state index in [4.69, 9.17) is 4.74 Å². The van der Waals surface area contributed by atoms with Crippen molar-refractivity contribution >= 4 is 0 Å². The maximum atomic E-state index is 13.2. The van der Waals surface area contributed by atoms with Gasteiger partial charge < -0.3 is 9.30 Å². The topological polar surface area (TPSA) is 81.5 Å². The quantitative estimate of drug-likeness (QED) is 0.422. The summed E-state index contributed by atoms with van der Waals surface area (Å²) in [5, 5.41) is 8.89. The van der Waals surface area contributed by atoms with Crippen molar-refractivity contribution in [1.29, 1.82) is 0 Å². The summed E-state index contributed by atoms with van der Waals surface area (Å²) in [4.78, 5) is 8.77. The number of nitrogens with zero attached hydrogens (tertiary/aromatic N) is 5. The zero-order valence-electron chi connectivity index (χ0n) is 18.7. The third kappa shape index (κ3) is 4.15. The van der Waals surface area contributed by atoms with E-state index in [1.54, 1.807) is 12.4 Å². The van der Waals surface area contributed by atoms with Crippen LogP contribution in [-0.4, -0.2) is 36.6 Å². The average molecular weight is 468 g/mol. The number of H-pyrrole nitrogens is 1. The number of rotatable bonds is 5. The number of pyridine rings is 1. The molecule has 0 saturated carbocycles. The van der Waals surface area contributed by atoms with E-state index < -0.39 is 11.9 Å². The minimum Gasteiger partial charge on any atom is -0.493 e. The highest BCUT2D eigenvalue weighted by Crippen LogP contribution is 2.40.